The molecule has 0 unspecified atom stereocenters. The lowest BCUT2D eigenvalue weighted by atomic mass is 9.75. The summed E-state index contributed by atoms with van der Waals surface area (Å²) in [7, 11) is 1.98. The Hall–Kier alpha value is -2.09. The van der Waals surface area contributed by atoms with E-state index in [1.165, 1.54) is 32.8 Å². The standard InChI is InChI=1S/C22H28N2/c1-7-22(5,8-2)18-11-9-10-16-17-13-14(3)12-15(4)20(17)24-21(23-6)19(16)18/h9-13H,7-8H2,1-6H3,(H,23,24). The van der Waals surface area contributed by atoms with Crippen LogP contribution in [0.4, 0.5) is 5.82 Å². The van der Waals surface area contributed by atoms with Crippen LogP contribution in [0.25, 0.3) is 21.7 Å². The normalized spacial score (nSPS) is 12.1. The Morgan fingerprint density at radius 3 is 2.38 bits per heavy atom. The predicted octanol–water partition coefficient (Wildman–Crippen LogP) is 6.12. The highest BCUT2D eigenvalue weighted by atomic mass is 15.0. The van der Waals surface area contributed by atoms with Crippen molar-refractivity contribution in [3.8, 4) is 0 Å². The molecule has 0 atom stereocenters. The van der Waals surface area contributed by atoms with Crippen LogP contribution in [0.1, 0.15) is 50.3 Å². The monoisotopic (exact) mass is 320 g/mol. The molecule has 0 bridgehead atoms. The van der Waals surface area contributed by atoms with Crippen LogP contribution in [0.3, 0.4) is 0 Å². The fourth-order valence-corrected chi connectivity index (χ4v) is 3.83. The summed E-state index contributed by atoms with van der Waals surface area (Å²) in [5.74, 6) is 0.994. The highest BCUT2D eigenvalue weighted by Gasteiger charge is 2.26. The first-order chi connectivity index (χ1) is 11.4. The molecule has 2 aromatic carbocycles. The highest BCUT2D eigenvalue weighted by Crippen LogP contribution is 2.41. The zero-order chi connectivity index (χ0) is 17.5. The second-order valence-corrected chi connectivity index (χ2v) is 7.18. The summed E-state index contributed by atoms with van der Waals surface area (Å²) in [4.78, 5) is 4.99. The summed E-state index contributed by atoms with van der Waals surface area (Å²) in [6.45, 7) is 11.2. The van der Waals surface area contributed by atoms with Gasteiger partial charge in [-0.15, -0.1) is 0 Å². The third kappa shape index (κ3) is 2.45. The van der Waals surface area contributed by atoms with Crippen LogP contribution in [-0.2, 0) is 5.41 Å². The van der Waals surface area contributed by atoms with Crippen molar-refractivity contribution in [2.24, 2.45) is 0 Å². The largest absolute Gasteiger partial charge is 0.373 e. The van der Waals surface area contributed by atoms with Crippen LogP contribution in [0.5, 0.6) is 0 Å². The maximum absolute atomic E-state index is 4.99. The van der Waals surface area contributed by atoms with Crippen molar-refractivity contribution in [3.05, 3.63) is 47.0 Å². The number of aryl methyl sites for hydroxylation is 2. The number of hydrogen-bond donors (Lipinski definition) is 1. The van der Waals surface area contributed by atoms with Crippen LogP contribution in [0.2, 0.25) is 0 Å². The molecule has 2 heteroatoms. The summed E-state index contributed by atoms with van der Waals surface area (Å²) < 4.78 is 0. The molecule has 0 saturated heterocycles. The Morgan fingerprint density at radius 1 is 1.04 bits per heavy atom. The number of nitrogens with zero attached hydrogens (tertiary/aromatic N) is 1. The van der Waals surface area contributed by atoms with E-state index in [1.54, 1.807) is 0 Å². The van der Waals surface area contributed by atoms with Crippen molar-refractivity contribution in [2.45, 2.75) is 52.9 Å². The van der Waals surface area contributed by atoms with E-state index in [1.807, 2.05) is 7.05 Å². The zero-order valence-corrected chi connectivity index (χ0v) is 15.7. The number of fused-ring (bicyclic) bond motifs is 3. The van der Waals surface area contributed by atoms with E-state index in [9.17, 15) is 0 Å². The molecule has 2 nitrogen and oxygen atoms in total. The molecular weight excluding hydrogens is 292 g/mol. The van der Waals surface area contributed by atoms with Gasteiger partial charge in [-0.05, 0) is 54.7 Å². The van der Waals surface area contributed by atoms with Gasteiger partial charge in [0.2, 0.25) is 0 Å². The number of pyridine rings is 1. The summed E-state index contributed by atoms with van der Waals surface area (Å²) >= 11 is 0. The first-order valence-electron chi connectivity index (χ1n) is 8.97. The molecule has 126 valence electrons. The number of benzene rings is 2. The smallest absolute Gasteiger partial charge is 0.134 e. The number of aromatic nitrogens is 1. The lowest BCUT2D eigenvalue weighted by Gasteiger charge is -2.29. The maximum atomic E-state index is 4.99. The molecule has 0 fully saturated rings. The minimum absolute atomic E-state index is 0.166. The highest BCUT2D eigenvalue weighted by molar-refractivity contribution is 6.12. The molecule has 3 rings (SSSR count). The molecule has 1 heterocycles. The minimum Gasteiger partial charge on any atom is -0.373 e. The van der Waals surface area contributed by atoms with Gasteiger partial charge in [0.05, 0.1) is 5.52 Å². The minimum atomic E-state index is 0.166. The van der Waals surface area contributed by atoms with Crippen molar-refractivity contribution in [2.75, 3.05) is 12.4 Å². The fraction of sp³-hybridized carbons (Fsp3) is 0.409. The number of nitrogens with one attached hydrogen (secondary N) is 1. The molecule has 1 N–H and O–H groups in total. The average Bonchev–Trinajstić information content (AvgIpc) is 2.60. The molecule has 0 amide bonds. The van der Waals surface area contributed by atoms with E-state index >= 15 is 0 Å². The van der Waals surface area contributed by atoms with E-state index in [4.69, 9.17) is 4.98 Å². The quantitative estimate of drug-likeness (QED) is 0.585. The van der Waals surface area contributed by atoms with Crippen molar-refractivity contribution in [3.63, 3.8) is 0 Å². The van der Waals surface area contributed by atoms with Gasteiger partial charge in [0, 0.05) is 17.8 Å². The molecule has 0 spiro atoms. The summed E-state index contributed by atoms with van der Waals surface area (Å²) in [5, 5.41) is 7.20. The summed E-state index contributed by atoms with van der Waals surface area (Å²) in [5.41, 5.74) is 5.20. The van der Waals surface area contributed by atoms with Gasteiger partial charge in [-0.2, -0.15) is 0 Å². The number of anilines is 1. The lowest BCUT2D eigenvalue weighted by Crippen LogP contribution is -2.20. The van der Waals surface area contributed by atoms with Gasteiger partial charge in [-0.1, -0.05) is 50.6 Å². The number of hydrogen-bond acceptors (Lipinski definition) is 2. The van der Waals surface area contributed by atoms with Crippen molar-refractivity contribution in [1.82, 2.24) is 4.98 Å². The topological polar surface area (TPSA) is 24.9 Å². The predicted molar refractivity (Wildman–Crippen MR) is 106 cm³/mol. The molecule has 24 heavy (non-hydrogen) atoms. The SMILES string of the molecule is CCC(C)(CC)c1cccc2c1c(NC)nc1c(C)cc(C)cc12. The molecule has 0 aliphatic rings. The maximum Gasteiger partial charge on any atom is 0.134 e. The first-order valence-corrected chi connectivity index (χ1v) is 8.97. The van der Waals surface area contributed by atoms with Gasteiger partial charge in [0.1, 0.15) is 5.82 Å². The zero-order valence-electron chi connectivity index (χ0n) is 15.7. The van der Waals surface area contributed by atoms with Gasteiger partial charge in [0.15, 0.2) is 0 Å². The van der Waals surface area contributed by atoms with Crippen LogP contribution >= 0.6 is 0 Å². The van der Waals surface area contributed by atoms with E-state index in [0.29, 0.717) is 0 Å². The Morgan fingerprint density at radius 2 is 1.75 bits per heavy atom. The van der Waals surface area contributed by atoms with Crippen LogP contribution < -0.4 is 5.32 Å². The third-order valence-corrected chi connectivity index (χ3v) is 5.71. The lowest BCUT2D eigenvalue weighted by molar-refractivity contribution is 0.442. The Balaban J connectivity index is 2.53. The van der Waals surface area contributed by atoms with E-state index < -0.39 is 0 Å². The third-order valence-electron chi connectivity index (χ3n) is 5.71. The van der Waals surface area contributed by atoms with Gasteiger partial charge in [0.25, 0.3) is 0 Å². The van der Waals surface area contributed by atoms with E-state index in [0.717, 1.165) is 24.2 Å². The molecule has 0 aliphatic carbocycles. The number of rotatable bonds is 4. The fourth-order valence-electron chi connectivity index (χ4n) is 3.83. The Bertz CT molecular complexity index is 905. The van der Waals surface area contributed by atoms with Crippen LogP contribution in [0.15, 0.2) is 30.3 Å². The van der Waals surface area contributed by atoms with Crippen LogP contribution in [0, 0.1) is 13.8 Å². The van der Waals surface area contributed by atoms with Crippen molar-refractivity contribution < 1.29 is 0 Å². The van der Waals surface area contributed by atoms with Gasteiger partial charge in [-0.3, -0.25) is 0 Å². The molecule has 0 aliphatic heterocycles. The average molecular weight is 320 g/mol. The van der Waals surface area contributed by atoms with Gasteiger partial charge in [-0.25, -0.2) is 4.98 Å². The van der Waals surface area contributed by atoms with Crippen molar-refractivity contribution >= 4 is 27.5 Å². The Labute approximate surface area is 145 Å². The molecular formula is C22H28N2. The summed E-state index contributed by atoms with van der Waals surface area (Å²) in [6.07, 6.45) is 2.24. The van der Waals surface area contributed by atoms with E-state index in [2.05, 4.69) is 70.3 Å². The second kappa shape index (κ2) is 6.08. The second-order valence-electron chi connectivity index (χ2n) is 7.18. The Kier molecular flexibility index (Phi) is 4.25. The summed E-state index contributed by atoms with van der Waals surface area (Å²) in [6, 6.07) is 11.2. The van der Waals surface area contributed by atoms with Gasteiger partial charge >= 0.3 is 0 Å². The molecule has 3 aromatic rings. The van der Waals surface area contributed by atoms with Crippen LogP contribution in [-0.4, -0.2) is 12.0 Å². The molecule has 0 saturated carbocycles. The van der Waals surface area contributed by atoms with Crippen molar-refractivity contribution in [1.29, 1.82) is 0 Å². The molecule has 0 radical (unpaired) electrons. The first kappa shape index (κ1) is 16.8. The molecule has 1 aromatic heterocycles. The van der Waals surface area contributed by atoms with Gasteiger partial charge < -0.3 is 5.32 Å². The van der Waals surface area contributed by atoms with E-state index in [-0.39, 0.29) is 5.41 Å².